The first-order chi connectivity index (χ1) is 27.6. The van der Waals surface area contributed by atoms with Gasteiger partial charge >= 0.3 is 11.9 Å². The zero-order valence-electron chi connectivity index (χ0n) is 31.7. The van der Waals surface area contributed by atoms with Crippen molar-refractivity contribution in [2.45, 2.75) is 34.4 Å². The van der Waals surface area contributed by atoms with Gasteiger partial charge in [-0.1, -0.05) is 47.0 Å². The molecule has 2 aromatic carbocycles. The van der Waals surface area contributed by atoms with E-state index in [0.29, 0.717) is 42.8 Å². The van der Waals surface area contributed by atoms with Crippen molar-refractivity contribution < 1.29 is 47.5 Å². The fourth-order valence-corrected chi connectivity index (χ4v) is 8.92. The second-order valence-corrected chi connectivity index (χ2v) is 15.0. The van der Waals surface area contributed by atoms with Crippen LogP contribution in [0.25, 0.3) is 0 Å². The molecular weight excluding hydrogens is 797 g/mol. The average Bonchev–Trinajstić information content (AvgIpc) is 3.68. The number of aromatic nitrogens is 2. The van der Waals surface area contributed by atoms with E-state index >= 15 is 0 Å². The molecule has 3 heterocycles. The maximum absolute atomic E-state index is 13.5. The van der Waals surface area contributed by atoms with Gasteiger partial charge in [-0.25, -0.2) is 9.59 Å². The molecule has 0 aliphatic carbocycles. The third-order valence-electron chi connectivity index (χ3n) is 8.51. The van der Waals surface area contributed by atoms with Gasteiger partial charge in [0, 0.05) is 0 Å². The predicted octanol–water partition coefficient (Wildman–Crippen LogP) is 5.41. The number of esters is 2. The third-order valence-corrected chi connectivity index (χ3v) is 11.7. The van der Waals surface area contributed by atoms with Gasteiger partial charge in [-0.2, -0.15) is 10.5 Å². The Balaban J connectivity index is 1.43. The summed E-state index contributed by atoms with van der Waals surface area (Å²) in [5.74, 6) is -1.35. The highest BCUT2D eigenvalue weighted by atomic mass is 32.2. The van der Waals surface area contributed by atoms with Crippen LogP contribution in [-0.2, 0) is 28.5 Å². The van der Waals surface area contributed by atoms with Gasteiger partial charge in [0.1, 0.15) is 34.8 Å². The minimum Gasteiger partial charge on any atom is -0.493 e. The lowest BCUT2D eigenvalue weighted by molar-refractivity contribution is -0.140. The summed E-state index contributed by atoms with van der Waals surface area (Å²) in [4.78, 5) is 27.0. The van der Waals surface area contributed by atoms with Crippen molar-refractivity contribution in [3.05, 3.63) is 93.1 Å². The molecule has 16 nitrogen and oxygen atoms in total. The molecule has 298 valence electrons. The van der Waals surface area contributed by atoms with E-state index in [0.717, 1.165) is 0 Å². The number of hydrogen-bond acceptors (Lipinski definition) is 19. The number of nitriles is 2. The maximum Gasteiger partial charge on any atom is 0.338 e. The molecule has 3 aromatic rings. The van der Waals surface area contributed by atoms with Gasteiger partial charge in [-0.15, -0.1) is 10.2 Å². The summed E-state index contributed by atoms with van der Waals surface area (Å²) in [6.45, 7) is 3.49. The number of rotatable bonds is 16. The molecule has 0 bridgehead atoms. The van der Waals surface area contributed by atoms with Crippen molar-refractivity contribution in [2.24, 2.45) is 11.5 Å². The van der Waals surface area contributed by atoms with E-state index in [1.807, 2.05) is 0 Å². The number of allylic oxidation sites excluding steroid dienone is 2. The molecule has 0 amide bonds. The molecule has 4 N–H and O–H groups in total. The molecular formula is C38H38N6O10S3. The number of carbonyl (C=O) groups excluding carboxylic acids is 2. The normalized spacial score (nSPS) is 16.6. The standard InChI is InChI=1S/C38H38N6O10S3/c1-7-51-35(45)31-27(53-33(41)21(15-39)29(31)19-9-11-23(47-3)25(13-19)49-5)17-55-37-43-44-38(57-37)56-18-28-32(36(46)52-8-2)30(22(16-40)34(42)54-28)20-10-12-24(48-4)26(14-20)50-6/h9-14,29-30H,7-8,17-18,41-42H2,1-6H3. The third kappa shape index (κ3) is 9.01. The highest BCUT2D eigenvalue weighted by molar-refractivity contribution is 8.03. The Kier molecular flexibility index (Phi) is 14.2. The Morgan fingerprint density at radius 1 is 0.702 bits per heavy atom. The van der Waals surface area contributed by atoms with Gasteiger partial charge < -0.3 is 49.4 Å². The minimum atomic E-state index is -0.929. The Hall–Kier alpha value is -6.02. The minimum absolute atomic E-state index is 0.0285. The zero-order chi connectivity index (χ0) is 41.2. The summed E-state index contributed by atoms with van der Waals surface area (Å²) in [5, 5.41) is 28.8. The fraction of sp³-hybridized carbons (Fsp3) is 0.316. The molecule has 0 fully saturated rings. The van der Waals surface area contributed by atoms with Crippen molar-refractivity contribution >= 4 is 46.8 Å². The lowest BCUT2D eigenvalue weighted by atomic mass is 9.83. The molecule has 19 heteroatoms. The summed E-state index contributed by atoms with van der Waals surface area (Å²) in [6, 6.07) is 14.3. The lowest BCUT2D eigenvalue weighted by Crippen LogP contribution is -2.27. The van der Waals surface area contributed by atoms with E-state index in [1.54, 1.807) is 50.2 Å². The van der Waals surface area contributed by atoms with Gasteiger partial charge in [0.05, 0.1) is 76.1 Å². The second kappa shape index (κ2) is 19.2. The van der Waals surface area contributed by atoms with E-state index in [4.69, 9.17) is 49.4 Å². The van der Waals surface area contributed by atoms with Crippen molar-refractivity contribution in [3.8, 4) is 35.1 Å². The van der Waals surface area contributed by atoms with Crippen molar-refractivity contribution in [3.63, 3.8) is 0 Å². The second-order valence-electron chi connectivity index (χ2n) is 11.6. The Bertz CT molecular complexity index is 2100. The first-order valence-corrected chi connectivity index (χ1v) is 19.8. The Morgan fingerprint density at radius 3 is 1.42 bits per heavy atom. The van der Waals surface area contributed by atoms with Crippen molar-refractivity contribution in [1.29, 1.82) is 10.5 Å². The van der Waals surface area contributed by atoms with Crippen LogP contribution < -0.4 is 30.4 Å². The number of methoxy groups -OCH3 is 4. The number of benzene rings is 2. The number of ether oxygens (including phenoxy) is 8. The molecule has 0 spiro atoms. The summed E-state index contributed by atoms with van der Waals surface area (Å²) >= 11 is 3.68. The van der Waals surface area contributed by atoms with E-state index in [1.165, 1.54) is 63.3 Å². The molecule has 2 aliphatic heterocycles. The van der Waals surface area contributed by atoms with Crippen molar-refractivity contribution in [2.75, 3.05) is 53.2 Å². The molecule has 57 heavy (non-hydrogen) atoms. The topological polar surface area (TPSA) is 233 Å². The van der Waals surface area contributed by atoms with Gasteiger partial charge in [0.15, 0.2) is 31.7 Å². The van der Waals surface area contributed by atoms with Crippen LogP contribution in [0.3, 0.4) is 0 Å². The monoisotopic (exact) mass is 834 g/mol. The smallest absolute Gasteiger partial charge is 0.338 e. The number of hydrogen-bond donors (Lipinski definition) is 2. The molecule has 0 saturated heterocycles. The summed E-state index contributed by atoms with van der Waals surface area (Å²) in [5.41, 5.74) is 13.9. The van der Waals surface area contributed by atoms with Crippen molar-refractivity contribution in [1.82, 2.24) is 10.2 Å². The van der Waals surface area contributed by atoms with Crippen LogP contribution in [0.4, 0.5) is 0 Å². The molecule has 2 aliphatic rings. The fourth-order valence-electron chi connectivity index (χ4n) is 6.02. The summed E-state index contributed by atoms with van der Waals surface area (Å²) < 4.78 is 45.4. The van der Waals surface area contributed by atoms with Crippen LogP contribution in [0.5, 0.6) is 23.0 Å². The number of nitrogens with zero attached hydrogens (tertiary/aromatic N) is 4. The molecule has 2 unspecified atom stereocenters. The van der Waals surface area contributed by atoms with Gasteiger partial charge in [0.2, 0.25) is 11.8 Å². The van der Waals surface area contributed by atoms with Gasteiger partial charge in [-0.05, 0) is 49.2 Å². The zero-order valence-corrected chi connectivity index (χ0v) is 34.1. The predicted molar refractivity (Wildman–Crippen MR) is 209 cm³/mol. The SMILES string of the molecule is CCOC(=O)C1=C(CSc2nnc(SCC3=C(C(=O)OCC)C(c4ccc(OC)c(OC)c4)C(C#N)=C(N)O3)s2)OC(N)=C(C#N)C1c1ccc(OC)c(OC)c1. The van der Waals surface area contributed by atoms with E-state index < -0.39 is 23.8 Å². The summed E-state index contributed by atoms with van der Waals surface area (Å²) in [7, 11) is 5.95. The molecule has 5 rings (SSSR count). The van der Waals surface area contributed by atoms with E-state index in [9.17, 15) is 20.1 Å². The maximum atomic E-state index is 13.5. The number of nitrogens with two attached hydrogens (primary N) is 2. The lowest BCUT2D eigenvalue weighted by Gasteiger charge is -2.28. The Labute approximate surface area is 341 Å². The first-order valence-electron chi connectivity index (χ1n) is 17.1. The van der Waals surface area contributed by atoms with Gasteiger partial charge in [0.25, 0.3) is 0 Å². The number of thioether (sulfide) groups is 2. The van der Waals surface area contributed by atoms with Crippen LogP contribution in [0, 0.1) is 22.7 Å². The van der Waals surface area contributed by atoms with Crippen LogP contribution >= 0.6 is 34.9 Å². The first kappa shape index (κ1) is 42.1. The van der Waals surface area contributed by atoms with E-state index in [-0.39, 0.29) is 70.3 Å². The molecule has 0 radical (unpaired) electrons. The molecule has 2 atom stereocenters. The largest absolute Gasteiger partial charge is 0.493 e. The van der Waals surface area contributed by atoms with Gasteiger partial charge in [-0.3, -0.25) is 0 Å². The quantitative estimate of drug-likeness (QED) is 0.136. The van der Waals surface area contributed by atoms with E-state index in [2.05, 4.69) is 22.3 Å². The molecule has 1 aromatic heterocycles. The summed E-state index contributed by atoms with van der Waals surface area (Å²) in [6.07, 6.45) is 0. The van der Waals surface area contributed by atoms with Crippen LogP contribution in [-0.4, -0.2) is 75.3 Å². The van der Waals surface area contributed by atoms with Crippen LogP contribution in [0.1, 0.15) is 36.8 Å². The highest BCUT2D eigenvalue weighted by Gasteiger charge is 2.40. The van der Waals surface area contributed by atoms with Crippen LogP contribution in [0.15, 0.2) is 90.7 Å². The van der Waals surface area contributed by atoms with Crippen LogP contribution in [0.2, 0.25) is 0 Å². The number of carbonyl (C=O) groups is 2. The molecule has 0 saturated carbocycles. The Morgan fingerprint density at radius 2 is 1.09 bits per heavy atom. The average molecular weight is 835 g/mol. The highest BCUT2D eigenvalue weighted by Crippen LogP contribution is 2.46.